The van der Waals surface area contributed by atoms with Crippen molar-refractivity contribution >= 4 is 27.5 Å². The van der Waals surface area contributed by atoms with E-state index in [4.69, 9.17) is 0 Å². The molecule has 0 radical (unpaired) electrons. The molecule has 0 atom stereocenters. The molecule has 0 unspecified atom stereocenters. The number of aromatic nitrogens is 2. The highest BCUT2D eigenvalue weighted by molar-refractivity contribution is 7.20. The highest BCUT2D eigenvalue weighted by atomic mass is 32.1. The molecule has 0 saturated carbocycles. The van der Waals surface area contributed by atoms with E-state index in [1.807, 2.05) is 26.8 Å². The van der Waals surface area contributed by atoms with Crippen LogP contribution in [0.15, 0.2) is 30.3 Å². The van der Waals surface area contributed by atoms with Gasteiger partial charge in [-0.3, -0.25) is 4.79 Å². The third-order valence-corrected chi connectivity index (χ3v) is 4.98. The van der Waals surface area contributed by atoms with Crippen LogP contribution in [-0.2, 0) is 0 Å². The van der Waals surface area contributed by atoms with E-state index in [-0.39, 0.29) is 11.7 Å². The summed E-state index contributed by atoms with van der Waals surface area (Å²) in [4.78, 5) is 16.0. The number of aryl methyl sites for hydroxylation is 1. The second kappa shape index (κ2) is 6.12. The molecule has 0 fully saturated rings. The summed E-state index contributed by atoms with van der Waals surface area (Å²) in [6.07, 6.45) is 0. The lowest BCUT2D eigenvalue weighted by Crippen LogP contribution is -2.29. The molecule has 0 aliphatic rings. The Balaban J connectivity index is 2.08. The van der Waals surface area contributed by atoms with Gasteiger partial charge in [-0.1, -0.05) is 0 Å². The molecular weight excluding hydrogens is 313 g/mol. The number of carbonyl (C=O) groups is 1. The summed E-state index contributed by atoms with van der Waals surface area (Å²) in [5.41, 5.74) is 1.65. The van der Waals surface area contributed by atoms with E-state index in [2.05, 4.69) is 5.10 Å². The first-order valence-corrected chi connectivity index (χ1v) is 8.41. The van der Waals surface area contributed by atoms with Gasteiger partial charge in [0.1, 0.15) is 10.6 Å². The number of hydrogen-bond acceptors (Lipinski definition) is 3. The van der Waals surface area contributed by atoms with Crippen LogP contribution in [0.4, 0.5) is 4.39 Å². The van der Waals surface area contributed by atoms with Gasteiger partial charge in [0.25, 0.3) is 5.91 Å². The summed E-state index contributed by atoms with van der Waals surface area (Å²) < 4.78 is 14.9. The van der Waals surface area contributed by atoms with E-state index in [1.165, 1.54) is 23.5 Å². The Morgan fingerprint density at radius 2 is 1.91 bits per heavy atom. The van der Waals surface area contributed by atoms with E-state index in [0.717, 1.165) is 21.6 Å². The molecule has 4 nitrogen and oxygen atoms in total. The fourth-order valence-corrected chi connectivity index (χ4v) is 3.73. The number of fused-ring (bicyclic) bond motifs is 1. The number of hydrogen-bond donors (Lipinski definition) is 0. The molecule has 6 heteroatoms. The Hall–Kier alpha value is -2.21. The second-order valence-corrected chi connectivity index (χ2v) is 6.31. The Bertz CT molecular complexity index is 847. The fraction of sp³-hybridized carbons (Fsp3) is 0.294. The van der Waals surface area contributed by atoms with Crippen LogP contribution in [0.2, 0.25) is 0 Å². The summed E-state index contributed by atoms with van der Waals surface area (Å²) in [5, 5.41) is 5.48. The molecular formula is C17H18FN3OS. The second-order valence-electron chi connectivity index (χ2n) is 5.28. The highest BCUT2D eigenvalue weighted by Crippen LogP contribution is 2.31. The van der Waals surface area contributed by atoms with Crippen molar-refractivity contribution in [3.63, 3.8) is 0 Å². The molecule has 2 aromatic heterocycles. The van der Waals surface area contributed by atoms with Crippen molar-refractivity contribution in [3.05, 3.63) is 46.7 Å². The summed E-state index contributed by atoms with van der Waals surface area (Å²) in [5.74, 6) is -0.237. The van der Waals surface area contributed by atoms with Gasteiger partial charge in [-0.05, 0) is 51.1 Å². The van der Waals surface area contributed by atoms with Gasteiger partial charge < -0.3 is 4.90 Å². The van der Waals surface area contributed by atoms with Crippen molar-refractivity contribution in [1.29, 1.82) is 0 Å². The molecule has 2 heterocycles. The van der Waals surface area contributed by atoms with Gasteiger partial charge in [-0.15, -0.1) is 11.3 Å². The first-order valence-electron chi connectivity index (χ1n) is 7.59. The smallest absolute Gasteiger partial charge is 0.264 e. The molecule has 23 heavy (non-hydrogen) atoms. The van der Waals surface area contributed by atoms with Crippen LogP contribution in [0, 0.1) is 12.7 Å². The molecule has 0 bridgehead atoms. The van der Waals surface area contributed by atoms with Gasteiger partial charge in [0.2, 0.25) is 0 Å². The molecule has 0 saturated heterocycles. The molecule has 0 N–H and O–H groups in total. The maximum Gasteiger partial charge on any atom is 0.264 e. The first kappa shape index (κ1) is 15.7. The van der Waals surface area contributed by atoms with E-state index in [9.17, 15) is 9.18 Å². The zero-order valence-corrected chi connectivity index (χ0v) is 14.2. The summed E-state index contributed by atoms with van der Waals surface area (Å²) in [6, 6.07) is 8.10. The lowest BCUT2D eigenvalue weighted by atomic mass is 10.3. The molecule has 3 rings (SSSR count). The number of amides is 1. The number of rotatable bonds is 4. The van der Waals surface area contributed by atoms with Crippen molar-refractivity contribution in [3.8, 4) is 5.69 Å². The Kier molecular flexibility index (Phi) is 4.17. The SMILES string of the molecule is CCN(CC)C(=O)c1cc2c(C)nn(-c3ccc(F)cc3)c2s1. The molecule has 1 amide bonds. The normalized spacial score (nSPS) is 11.1. The van der Waals surface area contributed by atoms with Crippen LogP contribution < -0.4 is 0 Å². The summed E-state index contributed by atoms with van der Waals surface area (Å²) in [7, 11) is 0. The topological polar surface area (TPSA) is 38.1 Å². The first-order chi connectivity index (χ1) is 11.0. The van der Waals surface area contributed by atoms with Crippen molar-refractivity contribution in [2.24, 2.45) is 0 Å². The van der Waals surface area contributed by atoms with E-state index in [1.54, 1.807) is 21.7 Å². The van der Waals surface area contributed by atoms with Crippen LogP contribution in [0.25, 0.3) is 15.9 Å². The van der Waals surface area contributed by atoms with Crippen LogP contribution in [-0.4, -0.2) is 33.7 Å². The van der Waals surface area contributed by atoms with Crippen LogP contribution in [0.1, 0.15) is 29.2 Å². The number of halogens is 1. The Morgan fingerprint density at radius 1 is 1.26 bits per heavy atom. The highest BCUT2D eigenvalue weighted by Gasteiger charge is 2.19. The maximum atomic E-state index is 13.1. The predicted octanol–water partition coefficient (Wildman–Crippen LogP) is 4.02. The third-order valence-electron chi connectivity index (χ3n) is 3.88. The average Bonchev–Trinajstić information content (AvgIpc) is 3.10. The maximum absolute atomic E-state index is 13.1. The monoisotopic (exact) mass is 331 g/mol. The van der Waals surface area contributed by atoms with Gasteiger partial charge in [0, 0.05) is 18.5 Å². The van der Waals surface area contributed by atoms with Crippen LogP contribution >= 0.6 is 11.3 Å². The predicted molar refractivity (Wildman–Crippen MR) is 90.9 cm³/mol. The van der Waals surface area contributed by atoms with Gasteiger partial charge >= 0.3 is 0 Å². The minimum atomic E-state index is -0.280. The van der Waals surface area contributed by atoms with Gasteiger partial charge in [0.15, 0.2) is 0 Å². The minimum absolute atomic E-state index is 0.0428. The lowest BCUT2D eigenvalue weighted by Gasteiger charge is -2.17. The zero-order valence-electron chi connectivity index (χ0n) is 13.3. The van der Waals surface area contributed by atoms with Crippen molar-refractivity contribution in [1.82, 2.24) is 14.7 Å². The number of benzene rings is 1. The Labute approximate surface area is 138 Å². The number of carbonyl (C=O) groups excluding carboxylic acids is 1. The summed E-state index contributed by atoms with van der Waals surface area (Å²) in [6.45, 7) is 7.24. The largest absolute Gasteiger partial charge is 0.339 e. The van der Waals surface area contributed by atoms with Crippen molar-refractivity contribution in [2.75, 3.05) is 13.1 Å². The third kappa shape index (κ3) is 2.74. The Morgan fingerprint density at radius 3 is 2.52 bits per heavy atom. The molecule has 0 spiro atoms. The van der Waals surface area contributed by atoms with Crippen LogP contribution in [0.5, 0.6) is 0 Å². The van der Waals surface area contributed by atoms with E-state index in [0.29, 0.717) is 18.0 Å². The van der Waals surface area contributed by atoms with Gasteiger partial charge in [-0.2, -0.15) is 5.10 Å². The number of nitrogens with zero attached hydrogens (tertiary/aromatic N) is 3. The van der Waals surface area contributed by atoms with Crippen molar-refractivity contribution < 1.29 is 9.18 Å². The van der Waals surface area contributed by atoms with Gasteiger partial charge in [0.05, 0.1) is 16.3 Å². The van der Waals surface area contributed by atoms with Crippen LogP contribution in [0.3, 0.4) is 0 Å². The standard InChI is InChI=1S/C17H18FN3OS/c1-4-20(5-2)16(22)15-10-14-11(3)19-21(17(14)23-15)13-8-6-12(18)7-9-13/h6-10H,4-5H2,1-3H3. The number of thiophene rings is 1. The fourth-order valence-electron chi connectivity index (χ4n) is 2.58. The minimum Gasteiger partial charge on any atom is -0.339 e. The molecule has 0 aliphatic heterocycles. The summed E-state index contributed by atoms with van der Waals surface area (Å²) >= 11 is 1.43. The molecule has 120 valence electrons. The van der Waals surface area contributed by atoms with E-state index >= 15 is 0 Å². The average molecular weight is 331 g/mol. The zero-order chi connectivity index (χ0) is 16.6. The molecule has 0 aliphatic carbocycles. The van der Waals surface area contributed by atoms with E-state index < -0.39 is 0 Å². The quantitative estimate of drug-likeness (QED) is 0.724. The molecule has 1 aromatic carbocycles. The van der Waals surface area contributed by atoms with Crippen molar-refractivity contribution in [2.45, 2.75) is 20.8 Å². The van der Waals surface area contributed by atoms with Gasteiger partial charge in [-0.25, -0.2) is 9.07 Å². The lowest BCUT2D eigenvalue weighted by molar-refractivity contribution is 0.0778. The molecule has 3 aromatic rings.